The van der Waals surface area contributed by atoms with Crippen molar-refractivity contribution >= 4 is 15.8 Å². The third kappa shape index (κ3) is 3.59. The van der Waals surface area contributed by atoms with Crippen molar-refractivity contribution in [1.29, 1.82) is 0 Å². The van der Waals surface area contributed by atoms with Crippen LogP contribution in [0.25, 0.3) is 0 Å². The number of anilines is 1. The van der Waals surface area contributed by atoms with Gasteiger partial charge in [-0.1, -0.05) is 32.0 Å². The Morgan fingerprint density at radius 2 is 1.58 bits per heavy atom. The number of piperazine rings is 1. The van der Waals surface area contributed by atoms with Crippen molar-refractivity contribution in [3.63, 3.8) is 0 Å². The fourth-order valence-corrected chi connectivity index (χ4v) is 4.95. The smallest absolute Gasteiger partial charge is 0.243 e. The minimum absolute atomic E-state index is 0.316. The van der Waals surface area contributed by atoms with E-state index in [-0.39, 0.29) is 0 Å². The molecular formula is C19H26N4O2S. The van der Waals surface area contributed by atoms with Crippen LogP contribution in [0.3, 0.4) is 0 Å². The Morgan fingerprint density at radius 1 is 0.962 bits per heavy atom. The van der Waals surface area contributed by atoms with Gasteiger partial charge in [-0.2, -0.15) is 4.31 Å². The quantitative estimate of drug-likeness (QED) is 0.823. The van der Waals surface area contributed by atoms with Crippen LogP contribution in [0, 0.1) is 13.8 Å². The molecule has 1 aliphatic heterocycles. The molecule has 0 unspecified atom stereocenters. The first-order chi connectivity index (χ1) is 12.3. The van der Waals surface area contributed by atoms with Crippen molar-refractivity contribution in [2.24, 2.45) is 0 Å². The Kier molecular flexibility index (Phi) is 5.29. The molecule has 6 nitrogen and oxygen atoms in total. The second-order valence-electron chi connectivity index (χ2n) is 6.95. The Bertz CT molecular complexity index is 874. The molecule has 0 atom stereocenters. The topological polar surface area (TPSA) is 66.4 Å². The van der Waals surface area contributed by atoms with Gasteiger partial charge >= 0.3 is 0 Å². The van der Waals surface area contributed by atoms with E-state index in [2.05, 4.69) is 28.7 Å². The van der Waals surface area contributed by atoms with Gasteiger partial charge in [0.05, 0.1) is 4.90 Å². The molecule has 0 aliphatic carbocycles. The Labute approximate surface area is 155 Å². The highest BCUT2D eigenvalue weighted by molar-refractivity contribution is 7.89. The minimum atomic E-state index is -3.44. The number of hydrogen-bond donors (Lipinski definition) is 0. The van der Waals surface area contributed by atoms with Crippen LogP contribution in [0.1, 0.15) is 36.8 Å². The van der Waals surface area contributed by atoms with E-state index in [1.165, 1.54) is 0 Å². The number of hydrogen-bond acceptors (Lipinski definition) is 5. The predicted molar refractivity (Wildman–Crippen MR) is 103 cm³/mol. The average molecular weight is 375 g/mol. The van der Waals surface area contributed by atoms with E-state index in [1.807, 2.05) is 19.9 Å². The lowest BCUT2D eigenvalue weighted by Gasteiger charge is -2.36. The van der Waals surface area contributed by atoms with Gasteiger partial charge in [0.1, 0.15) is 11.6 Å². The summed E-state index contributed by atoms with van der Waals surface area (Å²) >= 11 is 0. The summed E-state index contributed by atoms with van der Waals surface area (Å²) in [6, 6.07) is 8.63. The molecule has 0 radical (unpaired) electrons. The van der Waals surface area contributed by atoms with Gasteiger partial charge in [-0.3, -0.25) is 0 Å². The van der Waals surface area contributed by atoms with Crippen LogP contribution in [-0.4, -0.2) is 48.9 Å². The summed E-state index contributed by atoms with van der Waals surface area (Å²) in [5.74, 6) is 2.01. The van der Waals surface area contributed by atoms with Crippen LogP contribution in [0.4, 0.5) is 5.82 Å². The summed E-state index contributed by atoms with van der Waals surface area (Å²) in [5.41, 5.74) is 2.15. The van der Waals surface area contributed by atoms with Crippen LogP contribution in [0.2, 0.25) is 0 Å². The standard InChI is InChI=1S/C19H26N4O2S/c1-14(2)18-15(3)20-16(4)21-19(18)22-10-12-23(13-11-22)26(24,25)17-8-6-5-7-9-17/h5-9,14H,10-13H2,1-4H3. The fraction of sp³-hybridized carbons (Fsp3) is 0.474. The van der Waals surface area contributed by atoms with E-state index < -0.39 is 10.0 Å². The molecule has 0 saturated carbocycles. The number of aromatic nitrogens is 2. The molecule has 0 amide bonds. The van der Waals surface area contributed by atoms with Crippen LogP contribution in [0.15, 0.2) is 35.2 Å². The van der Waals surface area contributed by atoms with Gasteiger partial charge in [-0.25, -0.2) is 18.4 Å². The zero-order valence-electron chi connectivity index (χ0n) is 15.8. The van der Waals surface area contributed by atoms with Gasteiger partial charge in [-0.05, 0) is 31.9 Å². The Hall–Kier alpha value is -1.99. The number of rotatable bonds is 4. The second-order valence-corrected chi connectivity index (χ2v) is 8.89. The second kappa shape index (κ2) is 7.32. The van der Waals surface area contributed by atoms with Gasteiger partial charge in [0.25, 0.3) is 0 Å². The molecule has 1 aromatic carbocycles. The lowest BCUT2D eigenvalue weighted by atomic mass is 10.0. The largest absolute Gasteiger partial charge is 0.354 e. The highest BCUT2D eigenvalue weighted by atomic mass is 32.2. The molecule has 140 valence electrons. The number of sulfonamides is 1. The molecule has 1 fully saturated rings. The van der Waals surface area contributed by atoms with Crippen molar-refractivity contribution in [1.82, 2.24) is 14.3 Å². The molecule has 2 heterocycles. The molecule has 1 aromatic heterocycles. The molecule has 1 saturated heterocycles. The van der Waals surface area contributed by atoms with Crippen molar-refractivity contribution in [3.05, 3.63) is 47.4 Å². The maximum atomic E-state index is 12.8. The fourth-order valence-electron chi connectivity index (χ4n) is 3.50. The van der Waals surface area contributed by atoms with Gasteiger partial charge in [-0.15, -0.1) is 0 Å². The van der Waals surface area contributed by atoms with Gasteiger partial charge in [0.15, 0.2) is 0 Å². The van der Waals surface area contributed by atoms with Crippen LogP contribution >= 0.6 is 0 Å². The summed E-state index contributed by atoms with van der Waals surface area (Å²) in [4.78, 5) is 11.7. The highest BCUT2D eigenvalue weighted by Gasteiger charge is 2.30. The Morgan fingerprint density at radius 3 is 2.15 bits per heavy atom. The van der Waals surface area contributed by atoms with Crippen molar-refractivity contribution in [2.75, 3.05) is 31.1 Å². The van der Waals surface area contributed by atoms with Crippen LogP contribution in [-0.2, 0) is 10.0 Å². The SMILES string of the molecule is Cc1nc(C)c(C(C)C)c(N2CCN(S(=O)(=O)c3ccccc3)CC2)n1. The number of aryl methyl sites for hydroxylation is 2. The van der Waals surface area contributed by atoms with E-state index >= 15 is 0 Å². The summed E-state index contributed by atoms with van der Waals surface area (Å²) in [6.07, 6.45) is 0. The van der Waals surface area contributed by atoms with Gasteiger partial charge in [0, 0.05) is 37.4 Å². The molecule has 1 aliphatic rings. The van der Waals surface area contributed by atoms with E-state index in [0.29, 0.717) is 37.0 Å². The van der Waals surface area contributed by atoms with Gasteiger partial charge in [0.2, 0.25) is 10.0 Å². The maximum Gasteiger partial charge on any atom is 0.243 e. The van der Waals surface area contributed by atoms with E-state index in [1.54, 1.807) is 28.6 Å². The minimum Gasteiger partial charge on any atom is -0.354 e. The zero-order chi connectivity index (χ0) is 18.9. The highest BCUT2D eigenvalue weighted by Crippen LogP contribution is 2.29. The molecule has 0 bridgehead atoms. The summed E-state index contributed by atoms with van der Waals surface area (Å²) < 4.78 is 27.2. The molecule has 7 heteroatoms. The molecule has 2 aromatic rings. The monoisotopic (exact) mass is 374 g/mol. The van der Waals surface area contributed by atoms with Crippen LogP contribution in [0.5, 0.6) is 0 Å². The van der Waals surface area contributed by atoms with E-state index in [0.717, 1.165) is 22.9 Å². The molecule has 26 heavy (non-hydrogen) atoms. The van der Waals surface area contributed by atoms with Crippen molar-refractivity contribution in [3.8, 4) is 0 Å². The van der Waals surface area contributed by atoms with Crippen molar-refractivity contribution < 1.29 is 8.42 Å². The molecule has 3 rings (SSSR count). The normalized spacial score (nSPS) is 16.3. The predicted octanol–water partition coefficient (Wildman–Crippen LogP) is 2.73. The Balaban J connectivity index is 1.82. The maximum absolute atomic E-state index is 12.8. The molecular weight excluding hydrogens is 348 g/mol. The number of benzene rings is 1. The van der Waals surface area contributed by atoms with Gasteiger partial charge < -0.3 is 4.90 Å². The lowest BCUT2D eigenvalue weighted by molar-refractivity contribution is 0.383. The lowest BCUT2D eigenvalue weighted by Crippen LogP contribution is -2.49. The number of nitrogens with zero attached hydrogens (tertiary/aromatic N) is 4. The third-order valence-corrected chi connectivity index (χ3v) is 6.64. The van der Waals surface area contributed by atoms with E-state index in [4.69, 9.17) is 0 Å². The van der Waals surface area contributed by atoms with Crippen molar-refractivity contribution in [2.45, 2.75) is 38.5 Å². The average Bonchev–Trinajstić information content (AvgIpc) is 2.61. The summed E-state index contributed by atoms with van der Waals surface area (Å²) in [6.45, 7) is 10.4. The van der Waals surface area contributed by atoms with Crippen LogP contribution < -0.4 is 4.90 Å². The molecule has 0 spiro atoms. The first kappa shape index (κ1) is 18.8. The molecule has 0 N–H and O–H groups in total. The summed E-state index contributed by atoms with van der Waals surface area (Å²) in [5, 5.41) is 0. The zero-order valence-corrected chi connectivity index (χ0v) is 16.6. The van der Waals surface area contributed by atoms with E-state index in [9.17, 15) is 8.42 Å². The first-order valence-corrected chi connectivity index (χ1v) is 10.4. The first-order valence-electron chi connectivity index (χ1n) is 8.96. The third-order valence-electron chi connectivity index (χ3n) is 4.72. The summed E-state index contributed by atoms with van der Waals surface area (Å²) in [7, 11) is -3.44.